The smallest absolute Gasteiger partial charge is 0.244 e. The standard InChI is InChI=1S/C13H19N3O2/c1-16-9-11(8-14-16)4-5-12(18)15-13(10-17)6-2-3-7-13/h4-5,8-9,17H,2-3,6-7,10H2,1H3,(H,15,18). The van der Waals surface area contributed by atoms with Crippen molar-refractivity contribution in [3.05, 3.63) is 24.0 Å². The minimum absolute atomic E-state index is 0.0134. The lowest BCUT2D eigenvalue weighted by Crippen LogP contribution is -2.48. The van der Waals surface area contributed by atoms with Crippen molar-refractivity contribution in [2.24, 2.45) is 7.05 Å². The van der Waals surface area contributed by atoms with E-state index in [4.69, 9.17) is 0 Å². The molecule has 1 aromatic rings. The van der Waals surface area contributed by atoms with Gasteiger partial charge in [-0.2, -0.15) is 5.10 Å². The third-order valence-electron chi connectivity index (χ3n) is 3.40. The third-order valence-corrected chi connectivity index (χ3v) is 3.40. The van der Waals surface area contributed by atoms with Gasteiger partial charge in [0, 0.05) is 24.9 Å². The van der Waals surface area contributed by atoms with Crippen LogP contribution < -0.4 is 5.32 Å². The molecule has 5 heteroatoms. The number of hydrogen-bond acceptors (Lipinski definition) is 3. The number of amides is 1. The molecule has 0 unspecified atom stereocenters. The Morgan fingerprint density at radius 2 is 2.33 bits per heavy atom. The summed E-state index contributed by atoms with van der Waals surface area (Å²) in [6.07, 6.45) is 10.6. The van der Waals surface area contributed by atoms with E-state index in [0.717, 1.165) is 31.2 Å². The number of aliphatic hydroxyl groups excluding tert-OH is 1. The van der Waals surface area contributed by atoms with Crippen molar-refractivity contribution in [2.75, 3.05) is 6.61 Å². The summed E-state index contributed by atoms with van der Waals surface area (Å²) in [6.45, 7) is 0.0134. The quantitative estimate of drug-likeness (QED) is 0.778. The average Bonchev–Trinajstić information content (AvgIpc) is 2.97. The first-order valence-electron chi connectivity index (χ1n) is 6.23. The molecule has 5 nitrogen and oxygen atoms in total. The zero-order valence-electron chi connectivity index (χ0n) is 10.6. The molecule has 0 aliphatic heterocycles. The number of carbonyl (C=O) groups excluding carboxylic acids is 1. The fraction of sp³-hybridized carbons (Fsp3) is 0.538. The van der Waals surface area contributed by atoms with E-state index in [2.05, 4.69) is 10.4 Å². The lowest BCUT2D eigenvalue weighted by molar-refractivity contribution is -0.118. The van der Waals surface area contributed by atoms with Crippen LogP contribution in [0.5, 0.6) is 0 Å². The second-order valence-corrected chi connectivity index (χ2v) is 4.92. The SMILES string of the molecule is Cn1cc(C=CC(=O)NC2(CO)CCCC2)cn1. The Bertz CT molecular complexity index is 445. The van der Waals surface area contributed by atoms with Gasteiger partial charge in [0.05, 0.1) is 18.3 Å². The second kappa shape index (κ2) is 5.35. The normalized spacial score (nSPS) is 18.3. The van der Waals surface area contributed by atoms with Crippen LogP contribution in [0.2, 0.25) is 0 Å². The lowest BCUT2D eigenvalue weighted by Gasteiger charge is -2.27. The van der Waals surface area contributed by atoms with Crippen LogP contribution in [0.1, 0.15) is 31.2 Å². The summed E-state index contributed by atoms with van der Waals surface area (Å²) in [5, 5.41) is 16.3. The minimum Gasteiger partial charge on any atom is -0.394 e. The molecule has 0 aromatic carbocycles. The summed E-state index contributed by atoms with van der Waals surface area (Å²) in [6, 6.07) is 0. The molecule has 18 heavy (non-hydrogen) atoms. The summed E-state index contributed by atoms with van der Waals surface area (Å²) >= 11 is 0. The molecule has 1 heterocycles. The molecule has 0 bridgehead atoms. The maximum atomic E-state index is 11.8. The number of nitrogens with one attached hydrogen (secondary N) is 1. The Morgan fingerprint density at radius 1 is 1.61 bits per heavy atom. The topological polar surface area (TPSA) is 67.2 Å². The highest BCUT2D eigenvalue weighted by molar-refractivity contribution is 5.92. The van der Waals surface area contributed by atoms with Crippen LogP contribution in [0.15, 0.2) is 18.5 Å². The Morgan fingerprint density at radius 3 is 2.89 bits per heavy atom. The van der Waals surface area contributed by atoms with Crippen molar-refractivity contribution in [1.82, 2.24) is 15.1 Å². The van der Waals surface area contributed by atoms with Crippen LogP contribution in [-0.4, -0.2) is 32.9 Å². The van der Waals surface area contributed by atoms with E-state index >= 15 is 0 Å². The number of aliphatic hydroxyl groups is 1. The molecule has 0 saturated heterocycles. The van der Waals surface area contributed by atoms with Gasteiger partial charge >= 0.3 is 0 Å². The third kappa shape index (κ3) is 2.98. The molecule has 0 spiro atoms. The minimum atomic E-state index is -0.406. The fourth-order valence-electron chi connectivity index (χ4n) is 2.38. The Kier molecular flexibility index (Phi) is 3.81. The molecule has 0 radical (unpaired) electrons. The molecule has 2 N–H and O–H groups in total. The second-order valence-electron chi connectivity index (χ2n) is 4.92. The highest BCUT2D eigenvalue weighted by Crippen LogP contribution is 2.28. The van der Waals surface area contributed by atoms with Crippen LogP contribution in [-0.2, 0) is 11.8 Å². The zero-order chi connectivity index (χ0) is 13.0. The van der Waals surface area contributed by atoms with E-state index in [-0.39, 0.29) is 12.5 Å². The summed E-state index contributed by atoms with van der Waals surface area (Å²) < 4.78 is 1.68. The van der Waals surface area contributed by atoms with Gasteiger partial charge in [-0.15, -0.1) is 0 Å². The van der Waals surface area contributed by atoms with Crippen molar-refractivity contribution < 1.29 is 9.90 Å². The number of nitrogens with zero attached hydrogens (tertiary/aromatic N) is 2. The largest absolute Gasteiger partial charge is 0.394 e. The molecule has 1 saturated carbocycles. The molecule has 1 fully saturated rings. The summed E-state index contributed by atoms with van der Waals surface area (Å²) in [5.74, 6) is -0.158. The number of aryl methyl sites for hydroxylation is 1. The van der Waals surface area contributed by atoms with Gasteiger partial charge in [0.2, 0.25) is 5.91 Å². The Labute approximate surface area is 106 Å². The predicted molar refractivity (Wildman–Crippen MR) is 68.7 cm³/mol. The Hall–Kier alpha value is -1.62. The molecule has 0 atom stereocenters. The van der Waals surface area contributed by atoms with Gasteiger partial charge in [-0.1, -0.05) is 12.8 Å². The van der Waals surface area contributed by atoms with Gasteiger partial charge in [-0.05, 0) is 18.9 Å². The molecule has 1 aliphatic rings. The first kappa shape index (κ1) is 12.8. The van der Waals surface area contributed by atoms with Crippen LogP contribution in [0.25, 0.3) is 6.08 Å². The monoisotopic (exact) mass is 249 g/mol. The molecule has 1 aliphatic carbocycles. The van der Waals surface area contributed by atoms with Gasteiger partial charge in [0.25, 0.3) is 0 Å². The van der Waals surface area contributed by atoms with Crippen molar-refractivity contribution >= 4 is 12.0 Å². The molecule has 1 amide bonds. The first-order chi connectivity index (χ1) is 8.63. The van der Waals surface area contributed by atoms with E-state index in [1.165, 1.54) is 6.08 Å². The van der Waals surface area contributed by atoms with E-state index in [1.54, 1.807) is 17.0 Å². The fourth-order valence-corrected chi connectivity index (χ4v) is 2.38. The van der Waals surface area contributed by atoms with Crippen LogP contribution in [0.3, 0.4) is 0 Å². The number of rotatable bonds is 4. The van der Waals surface area contributed by atoms with Gasteiger partial charge < -0.3 is 10.4 Å². The number of aromatic nitrogens is 2. The van der Waals surface area contributed by atoms with Crippen molar-refractivity contribution in [3.8, 4) is 0 Å². The van der Waals surface area contributed by atoms with Crippen molar-refractivity contribution in [2.45, 2.75) is 31.2 Å². The maximum Gasteiger partial charge on any atom is 0.244 e. The van der Waals surface area contributed by atoms with E-state index in [9.17, 15) is 9.90 Å². The summed E-state index contributed by atoms with van der Waals surface area (Å²) in [4.78, 5) is 11.8. The summed E-state index contributed by atoms with van der Waals surface area (Å²) in [5.41, 5.74) is 0.480. The molecular formula is C13H19N3O2. The molecule has 2 rings (SSSR count). The van der Waals surface area contributed by atoms with Crippen molar-refractivity contribution in [3.63, 3.8) is 0 Å². The summed E-state index contributed by atoms with van der Waals surface area (Å²) in [7, 11) is 1.83. The van der Waals surface area contributed by atoms with Gasteiger partial charge in [-0.25, -0.2) is 0 Å². The van der Waals surface area contributed by atoms with E-state index in [0.29, 0.717) is 0 Å². The number of hydrogen-bond donors (Lipinski definition) is 2. The van der Waals surface area contributed by atoms with Gasteiger partial charge in [-0.3, -0.25) is 9.48 Å². The molecule has 1 aromatic heterocycles. The van der Waals surface area contributed by atoms with Crippen molar-refractivity contribution in [1.29, 1.82) is 0 Å². The lowest BCUT2D eigenvalue weighted by atomic mass is 9.99. The van der Waals surface area contributed by atoms with Gasteiger partial charge in [0.1, 0.15) is 0 Å². The van der Waals surface area contributed by atoms with Crippen LogP contribution in [0, 0.1) is 0 Å². The first-order valence-corrected chi connectivity index (χ1v) is 6.23. The highest BCUT2D eigenvalue weighted by Gasteiger charge is 2.33. The highest BCUT2D eigenvalue weighted by atomic mass is 16.3. The van der Waals surface area contributed by atoms with Gasteiger partial charge in [0.15, 0.2) is 0 Å². The predicted octanol–water partition coefficient (Wildman–Crippen LogP) is 0.855. The van der Waals surface area contributed by atoms with E-state index < -0.39 is 5.54 Å². The van der Waals surface area contributed by atoms with Crippen LogP contribution in [0.4, 0.5) is 0 Å². The molecule has 98 valence electrons. The Balaban J connectivity index is 1.94. The molecular weight excluding hydrogens is 230 g/mol. The number of carbonyl (C=O) groups is 1. The maximum absolute atomic E-state index is 11.8. The zero-order valence-corrected chi connectivity index (χ0v) is 10.6. The van der Waals surface area contributed by atoms with E-state index in [1.807, 2.05) is 13.2 Å². The van der Waals surface area contributed by atoms with Crippen LogP contribution >= 0.6 is 0 Å². The average molecular weight is 249 g/mol.